The summed E-state index contributed by atoms with van der Waals surface area (Å²) in [5, 5.41) is 0. The predicted octanol–water partition coefficient (Wildman–Crippen LogP) is 7.76. The molecule has 0 bridgehead atoms. The minimum Gasteiger partial charge on any atom is -0.454 e. The monoisotopic (exact) mass is 857 g/mol. The van der Waals surface area contributed by atoms with Crippen molar-refractivity contribution in [1.82, 2.24) is 0 Å². The normalized spacial score (nSPS) is 26.6. The second-order valence-electron chi connectivity index (χ2n) is 15.8. The van der Waals surface area contributed by atoms with Gasteiger partial charge in [-0.3, -0.25) is 4.79 Å². The Bertz CT molecular complexity index is 2150. The molecule has 63 heavy (non-hydrogen) atoms. The molecule has 330 valence electrons. The van der Waals surface area contributed by atoms with E-state index in [1.54, 1.807) is 6.92 Å². The Labute approximate surface area is 368 Å². The highest BCUT2D eigenvalue weighted by molar-refractivity contribution is 5.75. The number of ether oxygens (including phenoxy) is 10. The van der Waals surface area contributed by atoms with Gasteiger partial charge in [0.15, 0.2) is 18.3 Å². The van der Waals surface area contributed by atoms with Crippen molar-refractivity contribution in [2.75, 3.05) is 13.2 Å². The molecule has 8 rings (SSSR count). The third kappa shape index (κ3) is 12.3. The summed E-state index contributed by atoms with van der Waals surface area (Å²) in [7, 11) is 0. The maximum Gasteiger partial charge on any atom is 0.303 e. The molecule has 0 radical (unpaired) electrons. The van der Waals surface area contributed by atoms with Gasteiger partial charge in [-0.1, -0.05) is 152 Å². The van der Waals surface area contributed by atoms with Crippen molar-refractivity contribution in [2.24, 2.45) is 4.99 Å². The van der Waals surface area contributed by atoms with E-state index in [0.717, 1.165) is 27.8 Å². The van der Waals surface area contributed by atoms with E-state index < -0.39 is 67.3 Å². The number of aliphatic imine (C=N–C) groups is 1. The van der Waals surface area contributed by atoms with Crippen molar-refractivity contribution < 1.29 is 52.2 Å². The third-order valence-corrected chi connectivity index (χ3v) is 11.1. The van der Waals surface area contributed by atoms with Crippen LogP contribution in [-0.2, 0) is 85.2 Å². The fraction of sp³-hybridized carbons (Fsp3) is 0.373. The first-order valence-electron chi connectivity index (χ1n) is 21.5. The maximum atomic E-state index is 13.2. The lowest BCUT2D eigenvalue weighted by Crippen LogP contribution is -2.65. The maximum absolute atomic E-state index is 13.2. The second-order valence-corrected chi connectivity index (χ2v) is 15.8. The number of carbonyl (C=O) groups is 1. The Kier molecular flexibility index (Phi) is 15.7. The van der Waals surface area contributed by atoms with Gasteiger partial charge in [0.1, 0.15) is 42.7 Å². The van der Waals surface area contributed by atoms with E-state index in [2.05, 4.69) is 0 Å². The SMILES string of the molecule is CC(=O)O[C@@H]1[C@@H](O[C@@H]2[C@@H](OCc3ccccc3)[C@@H]3N=C(C)O[C@@H]3O[C@H]2COCc2ccccc2)O[C@@H](COCc2ccccc2)[C@@H](OCc2ccccc2)[C@H]1OCc1ccccc1. The van der Waals surface area contributed by atoms with Gasteiger partial charge < -0.3 is 47.4 Å². The molecule has 3 aliphatic heterocycles. The zero-order valence-corrected chi connectivity index (χ0v) is 35.6. The lowest BCUT2D eigenvalue weighted by molar-refractivity contribution is -0.355. The quantitative estimate of drug-likeness (QED) is 0.0715. The average Bonchev–Trinajstić information content (AvgIpc) is 3.69. The minimum absolute atomic E-state index is 0.104. The van der Waals surface area contributed by atoms with Crippen LogP contribution in [0.4, 0.5) is 0 Å². The van der Waals surface area contributed by atoms with Crippen molar-refractivity contribution in [3.05, 3.63) is 179 Å². The van der Waals surface area contributed by atoms with Crippen molar-refractivity contribution in [1.29, 1.82) is 0 Å². The van der Waals surface area contributed by atoms with Crippen LogP contribution in [-0.4, -0.2) is 86.4 Å². The molecule has 5 aromatic rings. The predicted molar refractivity (Wildman–Crippen MR) is 233 cm³/mol. The van der Waals surface area contributed by atoms with Crippen molar-refractivity contribution in [2.45, 2.75) is 108 Å². The lowest BCUT2D eigenvalue weighted by atomic mass is 9.95. The number of fused-ring (bicyclic) bond motifs is 1. The molecule has 10 atom stereocenters. The number of esters is 1. The molecule has 0 amide bonds. The molecule has 0 saturated carbocycles. The van der Waals surface area contributed by atoms with Gasteiger partial charge in [0.25, 0.3) is 0 Å². The molecular formula is C51H55NO11. The van der Waals surface area contributed by atoms with Crippen LogP contribution in [0.15, 0.2) is 157 Å². The molecule has 0 aromatic heterocycles. The van der Waals surface area contributed by atoms with Crippen LogP contribution in [0.1, 0.15) is 41.7 Å². The summed E-state index contributed by atoms with van der Waals surface area (Å²) in [5.74, 6) is -0.0758. The molecule has 5 aromatic carbocycles. The number of benzene rings is 5. The van der Waals surface area contributed by atoms with Gasteiger partial charge in [-0.25, -0.2) is 4.99 Å². The standard InChI is InChI=1S/C51H55NO11/c1-35-52-44-47(57-31-40-24-14-6-15-25-40)46(43(61-50(44)59-35)34-55-29-38-20-10-4-11-21-38)63-51-49(60-36(2)53)48(58-32-41-26-16-7-17-27-41)45(56-30-39-22-12-5-13-23-39)42(62-51)33-54-28-37-18-8-3-9-19-37/h3-27,42-51H,28-34H2,1-2H3/t42-,43-,44-,45+,46-,47-,48+,49-,50+,51+/m0/s1. The van der Waals surface area contributed by atoms with Crippen LogP contribution in [0.3, 0.4) is 0 Å². The molecule has 0 spiro atoms. The third-order valence-electron chi connectivity index (χ3n) is 11.1. The van der Waals surface area contributed by atoms with Gasteiger partial charge >= 0.3 is 5.97 Å². The van der Waals surface area contributed by atoms with Gasteiger partial charge in [0.2, 0.25) is 6.29 Å². The van der Waals surface area contributed by atoms with Crippen LogP contribution >= 0.6 is 0 Å². The van der Waals surface area contributed by atoms with E-state index in [1.165, 1.54) is 6.92 Å². The lowest BCUT2D eigenvalue weighted by Gasteiger charge is -2.48. The van der Waals surface area contributed by atoms with Crippen LogP contribution in [0.2, 0.25) is 0 Å². The van der Waals surface area contributed by atoms with E-state index >= 15 is 0 Å². The number of hydrogen-bond acceptors (Lipinski definition) is 12. The van der Waals surface area contributed by atoms with E-state index in [-0.39, 0.29) is 33.0 Å². The van der Waals surface area contributed by atoms with Crippen molar-refractivity contribution >= 4 is 11.9 Å². The van der Waals surface area contributed by atoms with Crippen LogP contribution < -0.4 is 0 Å². The summed E-state index contributed by atoms with van der Waals surface area (Å²) in [4.78, 5) is 18.0. The summed E-state index contributed by atoms with van der Waals surface area (Å²) in [6, 6.07) is 48.7. The van der Waals surface area contributed by atoms with E-state index in [9.17, 15) is 4.79 Å². The highest BCUT2D eigenvalue weighted by Gasteiger charge is 2.56. The Morgan fingerprint density at radius 3 is 1.38 bits per heavy atom. The second kappa shape index (κ2) is 22.4. The largest absolute Gasteiger partial charge is 0.454 e. The van der Waals surface area contributed by atoms with Gasteiger partial charge in [-0.05, 0) is 27.8 Å². The number of nitrogens with zero attached hydrogens (tertiary/aromatic N) is 1. The first-order chi connectivity index (χ1) is 31.0. The Morgan fingerprint density at radius 1 is 0.508 bits per heavy atom. The van der Waals surface area contributed by atoms with Gasteiger partial charge in [-0.2, -0.15) is 0 Å². The smallest absolute Gasteiger partial charge is 0.303 e. The summed E-state index contributed by atoms with van der Waals surface area (Å²) in [6.45, 7) is 4.71. The fourth-order valence-corrected chi connectivity index (χ4v) is 8.04. The number of rotatable bonds is 20. The molecule has 12 nitrogen and oxygen atoms in total. The van der Waals surface area contributed by atoms with Gasteiger partial charge in [-0.15, -0.1) is 0 Å². The topological polar surface area (TPSA) is 122 Å². The number of carbonyl (C=O) groups excluding carboxylic acids is 1. The average molecular weight is 858 g/mol. The number of hydrogen-bond donors (Lipinski definition) is 0. The minimum atomic E-state index is -1.21. The molecule has 3 aliphatic rings. The molecule has 0 N–H and O–H groups in total. The van der Waals surface area contributed by atoms with Crippen LogP contribution in [0.5, 0.6) is 0 Å². The summed E-state index contributed by atoms with van der Waals surface area (Å²) in [5.41, 5.74) is 4.84. The zero-order chi connectivity index (χ0) is 43.2. The van der Waals surface area contributed by atoms with E-state index in [0.29, 0.717) is 19.1 Å². The first kappa shape index (κ1) is 44.3. The summed E-state index contributed by atoms with van der Waals surface area (Å²) >= 11 is 0. The van der Waals surface area contributed by atoms with Crippen molar-refractivity contribution in [3.8, 4) is 0 Å². The first-order valence-corrected chi connectivity index (χ1v) is 21.5. The fourth-order valence-electron chi connectivity index (χ4n) is 8.04. The van der Waals surface area contributed by atoms with Gasteiger partial charge in [0.05, 0.1) is 46.2 Å². The highest BCUT2D eigenvalue weighted by atomic mass is 16.8. The van der Waals surface area contributed by atoms with E-state index in [1.807, 2.05) is 152 Å². The zero-order valence-electron chi connectivity index (χ0n) is 35.6. The van der Waals surface area contributed by atoms with Crippen LogP contribution in [0.25, 0.3) is 0 Å². The summed E-state index contributed by atoms with van der Waals surface area (Å²) in [6.07, 6.45) is -7.79. The molecule has 2 saturated heterocycles. The highest BCUT2D eigenvalue weighted by Crippen LogP contribution is 2.37. The Balaban J connectivity index is 1.14. The molecular weight excluding hydrogens is 803 g/mol. The Hall–Kier alpha value is -5.28. The molecule has 0 unspecified atom stereocenters. The van der Waals surface area contributed by atoms with Crippen molar-refractivity contribution in [3.63, 3.8) is 0 Å². The van der Waals surface area contributed by atoms with Crippen LogP contribution in [0, 0.1) is 0 Å². The summed E-state index contributed by atoms with van der Waals surface area (Å²) < 4.78 is 66.1. The molecule has 0 aliphatic carbocycles. The molecule has 2 fully saturated rings. The van der Waals surface area contributed by atoms with E-state index in [4.69, 9.17) is 52.4 Å². The molecule has 3 heterocycles. The Morgan fingerprint density at radius 2 is 0.921 bits per heavy atom. The molecule has 12 heteroatoms. The van der Waals surface area contributed by atoms with Gasteiger partial charge in [0, 0.05) is 13.8 Å².